The Labute approximate surface area is 141 Å². The van der Waals surface area contributed by atoms with Crippen LogP contribution in [0.2, 0.25) is 0 Å². The first-order valence-corrected chi connectivity index (χ1v) is 8.08. The van der Waals surface area contributed by atoms with E-state index in [-0.39, 0.29) is 31.5 Å². The highest BCUT2D eigenvalue weighted by atomic mass is 16.5. The molecule has 1 aromatic rings. The maximum atomic E-state index is 11.8. The average molecular weight is 336 g/mol. The topological polar surface area (TPSA) is 88.1 Å². The number of nitrogens with one attached hydrogen (secondary N) is 1. The molecule has 0 bridgehead atoms. The van der Waals surface area contributed by atoms with Crippen molar-refractivity contribution in [2.75, 3.05) is 33.4 Å². The summed E-state index contributed by atoms with van der Waals surface area (Å²) < 4.78 is 10.6. The zero-order valence-electron chi connectivity index (χ0n) is 13.9. The van der Waals surface area contributed by atoms with Gasteiger partial charge in [-0.1, -0.05) is 6.07 Å². The van der Waals surface area contributed by atoms with E-state index in [1.165, 1.54) is 0 Å². The lowest BCUT2D eigenvalue weighted by Gasteiger charge is -2.26. The molecule has 0 aliphatic carbocycles. The van der Waals surface area contributed by atoms with Crippen LogP contribution in [0.4, 0.5) is 0 Å². The molecule has 24 heavy (non-hydrogen) atoms. The molecule has 7 nitrogen and oxygen atoms in total. The molecule has 1 aromatic carbocycles. The summed E-state index contributed by atoms with van der Waals surface area (Å²) in [6.07, 6.45) is 1.48. The van der Waals surface area contributed by atoms with Crippen molar-refractivity contribution in [1.82, 2.24) is 10.2 Å². The van der Waals surface area contributed by atoms with Gasteiger partial charge in [-0.05, 0) is 25.0 Å². The second-order valence-electron chi connectivity index (χ2n) is 5.72. The summed E-state index contributed by atoms with van der Waals surface area (Å²) in [7, 11) is 1.57. The average Bonchev–Trinajstić information content (AvgIpc) is 2.60. The molecule has 132 valence electrons. The summed E-state index contributed by atoms with van der Waals surface area (Å²) in [6, 6.07) is 7.06. The second kappa shape index (κ2) is 9.12. The summed E-state index contributed by atoms with van der Waals surface area (Å²) in [4.78, 5) is 25.0. The molecular weight excluding hydrogens is 312 g/mol. The third-order valence-electron chi connectivity index (χ3n) is 3.77. The van der Waals surface area contributed by atoms with Crippen molar-refractivity contribution in [1.29, 1.82) is 0 Å². The molecule has 1 fully saturated rings. The predicted molar refractivity (Wildman–Crippen MR) is 87.9 cm³/mol. The van der Waals surface area contributed by atoms with Gasteiger partial charge in [0.05, 0.1) is 13.7 Å². The summed E-state index contributed by atoms with van der Waals surface area (Å²) in [5.74, 6) is 0.990. The smallest absolute Gasteiger partial charge is 0.239 e. The number of hydrogen-bond donors (Lipinski definition) is 2. The molecule has 0 spiro atoms. The lowest BCUT2D eigenvalue weighted by molar-refractivity contribution is -0.137. The van der Waals surface area contributed by atoms with Crippen LogP contribution in [0, 0.1) is 0 Å². The Hall–Kier alpha value is -2.28. The zero-order chi connectivity index (χ0) is 17.4. The lowest BCUT2D eigenvalue weighted by atomic mass is 10.1. The Morgan fingerprint density at radius 1 is 1.38 bits per heavy atom. The first kappa shape index (κ1) is 18.1. The molecule has 1 saturated heterocycles. The molecule has 7 heteroatoms. The fraction of sp³-hybridized carbons (Fsp3) is 0.529. The molecule has 0 radical (unpaired) electrons. The number of benzene rings is 1. The monoisotopic (exact) mass is 336 g/mol. The van der Waals surface area contributed by atoms with E-state index in [1.807, 2.05) is 0 Å². The molecule has 1 aliphatic heterocycles. The SMILES string of the molecule is COc1cccc(OC[C@H](O)CNC(=O)CN2CCCCC2=O)c1. The van der Waals surface area contributed by atoms with Crippen molar-refractivity contribution >= 4 is 11.8 Å². The molecule has 1 aliphatic rings. The molecule has 2 N–H and O–H groups in total. The summed E-state index contributed by atoms with van der Waals surface area (Å²) >= 11 is 0. The summed E-state index contributed by atoms with van der Waals surface area (Å²) in [6.45, 7) is 0.789. The van der Waals surface area contributed by atoms with E-state index in [2.05, 4.69) is 5.32 Å². The van der Waals surface area contributed by atoms with Gasteiger partial charge in [0.25, 0.3) is 0 Å². The minimum Gasteiger partial charge on any atom is -0.497 e. The predicted octanol–water partition coefficient (Wildman–Crippen LogP) is 0.564. The van der Waals surface area contributed by atoms with E-state index in [9.17, 15) is 14.7 Å². The van der Waals surface area contributed by atoms with Crippen molar-refractivity contribution in [2.24, 2.45) is 0 Å². The Kier molecular flexibility index (Phi) is 6.87. The largest absolute Gasteiger partial charge is 0.497 e. The van der Waals surface area contributed by atoms with Crippen LogP contribution in [0.3, 0.4) is 0 Å². The Balaban J connectivity index is 1.67. The molecule has 2 rings (SSSR count). The highest BCUT2D eigenvalue weighted by Crippen LogP contribution is 2.18. The molecule has 1 atom stereocenters. The van der Waals surface area contributed by atoms with Gasteiger partial charge in [0, 0.05) is 25.6 Å². The van der Waals surface area contributed by atoms with Gasteiger partial charge in [0.1, 0.15) is 24.2 Å². The van der Waals surface area contributed by atoms with Crippen molar-refractivity contribution in [3.63, 3.8) is 0 Å². The van der Waals surface area contributed by atoms with Crippen LogP contribution >= 0.6 is 0 Å². The molecular formula is C17H24N2O5. The van der Waals surface area contributed by atoms with E-state index in [4.69, 9.17) is 9.47 Å². The van der Waals surface area contributed by atoms with Crippen molar-refractivity contribution in [3.8, 4) is 11.5 Å². The number of ether oxygens (including phenoxy) is 2. The normalized spacial score (nSPS) is 15.8. The number of rotatable bonds is 8. The van der Waals surface area contributed by atoms with Gasteiger partial charge in [-0.25, -0.2) is 0 Å². The maximum Gasteiger partial charge on any atom is 0.239 e. The number of likely N-dealkylation sites (tertiary alicyclic amines) is 1. The summed E-state index contributed by atoms with van der Waals surface area (Å²) in [5.41, 5.74) is 0. The third-order valence-corrected chi connectivity index (χ3v) is 3.77. The van der Waals surface area contributed by atoms with Crippen molar-refractivity contribution in [3.05, 3.63) is 24.3 Å². The number of aliphatic hydroxyl groups excluding tert-OH is 1. The second-order valence-corrected chi connectivity index (χ2v) is 5.72. The number of aliphatic hydroxyl groups is 1. The number of hydrogen-bond acceptors (Lipinski definition) is 5. The quantitative estimate of drug-likeness (QED) is 0.724. The first-order valence-electron chi connectivity index (χ1n) is 8.08. The fourth-order valence-corrected chi connectivity index (χ4v) is 2.43. The number of nitrogens with zero attached hydrogens (tertiary/aromatic N) is 1. The first-order chi connectivity index (χ1) is 11.6. The van der Waals surface area contributed by atoms with Gasteiger partial charge >= 0.3 is 0 Å². The Morgan fingerprint density at radius 3 is 2.92 bits per heavy atom. The van der Waals surface area contributed by atoms with Gasteiger partial charge in [0.15, 0.2) is 0 Å². The van der Waals surface area contributed by atoms with E-state index >= 15 is 0 Å². The highest BCUT2D eigenvalue weighted by molar-refractivity contribution is 5.85. The molecule has 0 saturated carbocycles. The standard InChI is InChI=1S/C17H24N2O5/c1-23-14-5-4-6-15(9-14)24-12-13(20)10-18-16(21)11-19-8-3-2-7-17(19)22/h4-6,9,13,20H,2-3,7-8,10-12H2,1H3,(H,18,21)/t13-/m1/s1. The minimum atomic E-state index is -0.836. The molecule has 0 aromatic heterocycles. The number of carbonyl (C=O) groups excluding carboxylic acids is 2. The molecule has 0 unspecified atom stereocenters. The van der Waals surface area contributed by atoms with Gasteiger partial charge in [-0.15, -0.1) is 0 Å². The van der Waals surface area contributed by atoms with Gasteiger partial charge < -0.3 is 24.8 Å². The van der Waals surface area contributed by atoms with Crippen LogP contribution < -0.4 is 14.8 Å². The van der Waals surface area contributed by atoms with E-state index in [0.29, 0.717) is 24.5 Å². The fourth-order valence-electron chi connectivity index (χ4n) is 2.43. The Bertz CT molecular complexity index is 564. The number of carbonyl (C=O) groups is 2. The summed E-state index contributed by atoms with van der Waals surface area (Å²) in [5, 5.41) is 12.5. The van der Waals surface area contributed by atoms with Crippen LogP contribution in [0.5, 0.6) is 11.5 Å². The van der Waals surface area contributed by atoms with E-state index < -0.39 is 6.10 Å². The number of piperidine rings is 1. The Morgan fingerprint density at radius 2 is 2.17 bits per heavy atom. The lowest BCUT2D eigenvalue weighted by Crippen LogP contribution is -2.45. The zero-order valence-corrected chi connectivity index (χ0v) is 13.9. The van der Waals surface area contributed by atoms with E-state index in [1.54, 1.807) is 36.3 Å². The van der Waals surface area contributed by atoms with Crippen LogP contribution in [0.1, 0.15) is 19.3 Å². The van der Waals surface area contributed by atoms with Crippen LogP contribution in [-0.4, -0.2) is 61.3 Å². The van der Waals surface area contributed by atoms with Crippen molar-refractivity contribution in [2.45, 2.75) is 25.4 Å². The maximum absolute atomic E-state index is 11.8. The van der Waals surface area contributed by atoms with Crippen LogP contribution in [-0.2, 0) is 9.59 Å². The van der Waals surface area contributed by atoms with E-state index in [0.717, 1.165) is 12.8 Å². The van der Waals surface area contributed by atoms with Gasteiger partial charge in [-0.2, -0.15) is 0 Å². The molecule has 2 amide bonds. The third kappa shape index (κ3) is 5.73. The van der Waals surface area contributed by atoms with Crippen molar-refractivity contribution < 1.29 is 24.2 Å². The molecule has 1 heterocycles. The van der Waals surface area contributed by atoms with Gasteiger partial charge in [0.2, 0.25) is 11.8 Å². The minimum absolute atomic E-state index is 0.0123. The van der Waals surface area contributed by atoms with Crippen LogP contribution in [0.25, 0.3) is 0 Å². The highest BCUT2D eigenvalue weighted by Gasteiger charge is 2.20. The van der Waals surface area contributed by atoms with Gasteiger partial charge in [-0.3, -0.25) is 9.59 Å². The van der Waals surface area contributed by atoms with Crippen LogP contribution in [0.15, 0.2) is 24.3 Å². The number of amides is 2. The number of methoxy groups -OCH3 is 1.